The van der Waals surface area contributed by atoms with Crippen LogP contribution in [0.25, 0.3) is 0 Å². The van der Waals surface area contributed by atoms with Crippen LogP contribution in [0.15, 0.2) is 17.0 Å². The summed E-state index contributed by atoms with van der Waals surface area (Å²) in [4.78, 5) is 3.93. The van der Waals surface area contributed by atoms with Crippen molar-refractivity contribution >= 4 is 0 Å². The van der Waals surface area contributed by atoms with Crippen molar-refractivity contribution in [3.63, 3.8) is 0 Å². The first-order chi connectivity index (χ1) is 8.88. The van der Waals surface area contributed by atoms with Crippen molar-refractivity contribution in [3.05, 3.63) is 24.1 Å². The van der Waals surface area contributed by atoms with Crippen LogP contribution in [-0.4, -0.2) is 43.4 Å². The maximum atomic E-state index is 8.70. The van der Waals surface area contributed by atoms with Gasteiger partial charge in [-0.1, -0.05) is 10.4 Å². The van der Waals surface area contributed by atoms with Gasteiger partial charge in [-0.25, -0.2) is 0 Å². The molecule has 0 aliphatic heterocycles. The normalized spacial score (nSPS) is 10.9. The van der Waals surface area contributed by atoms with Crippen molar-refractivity contribution in [1.82, 2.24) is 30.5 Å². The van der Waals surface area contributed by atoms with E-state index in [2.05, 4.69) is 25.8 Å². The van der Waals surface area contributed by atoms with Gasteiger partial charge in [-0.05, 0) is 6.42 Å². The van der Waals surface area contributed by atoms with Crippen LogP contribution in [0.1, 0.15) is 18.0 Å². The van der Waals surface area contributed by atoms with Gasteiger partial charge in [-0.15, -0.1) is 5.10 Å². The molecule has 8 nitrogen and oxygen atoms in total. The second kappa shape index (κ2) is 6.82. The minimum Gasteiger partial charge on any atom is -0.396 e. The molecule has 98 valence electrons. The summed E-state index contributed by atoms with van der Waals surface area (Å²) in [5.41, 5.74) is 0.874. The van der Waals surface area contributed by atoms with Crippen LogP contribution in [0.3, 0.4) is 0 Å². The standard InChI is InChI=1S/C10H16N6O2/c17-5-1-4-16-7-9(14-15-16)6-11-3-2-10-12-8-13-18-10/h7-8,11,17H,1-6H2. The lowest BCUT2D eigenvalue weighted by Crippen LogP contribution is -2.17. The number of aliphatic hydroxyl groups is 1. The van der Waals surface area contributed by atoms with Gasteiger partial charge >= 0.3 is 0 Å². The largest absolute Gasteiger partial charge is 0.396 e. The highest BCUT2D eigenvalue weighted by Gasteiger charge is 2.01. The van der Waals surface area contributed by atoms with Crippen LogP contribution >= 0.6 is 0 Å². The van der Waals surface area contributed by atoms with E-state index < -0.39 is 0 Å². The van der Waals surface area contributed by atoms with Crippen molar-refractivity contribution in [2.75, 3.05) is 13.2 Å². The Hall–Kier alpha value is -1.80. The van der Waals surface area contributed by atoms with Crippen molar-refractivity contribution in [3.8, 4) is 0 Å². The Morgan fingerprint density at radius 3 is 3.17 bits per heavy atom. The number of hydrogen-bond acceptors (Lipinski definition) is 7. The SMILES string of the molecule is OCCCn1cc(CNCCc2ncno2)nn1. The molecule has 0 aliphatic carbocycles. The lowest BCUT2D eigenvalue weighted by atomic mass is 10.4. The summed E-state index contributed by atoms with van der Waals surface area (Å²) < 4.78 is 6.60. The van der Waals surface area contributed by atoms with E-state index in [-0.39, 0.29) is 6.61 Å². The molecule has 0 saturated heterocycles. The van der Waals surface area contributed by atoms with Crippen LogP contribution < -0.4 is 5.32 Å². The molecule has 2 aromatic heterocycles. The number of rotatable bonds is 8. The van der Waals surface area contributed by atoms with Gasteiger partial charge in [0, 0.05) is 38.9 Å². The van der Waals surface area contributed by atoms with Crippen molar-refractivity contribution in [1.29, 1.82) is 0 Å². The molecule has 0 aromatic carbocycles. The molecule has 2 rings (SSSR count). The van der Waals surface area contributed by atoms with E-state index in [1.807, 2.05) is 6.20 Å². The third-order valence-corrected chi connectivity index (χ3v) is 2.36. The highest BCUT2D eigenvalue weighted by Crippen LogP contribution is 1.95. The summed E-state index contributed by atoms with van der Waals surface area (Å²) >= 11 is 0. The molecule has 0 aliphatic rings. The van der Waals surface area contributed by atoms with Gasteiger partial charge in [-0.2, -0.15) is 4.98 Å². The summed E-state index contributed by atoms with van der Waals surface area (Å²) in [6.07, 6.45) is 4.64. The van der Waals surface area contributed by atoms with Crippen LogP contribution in [0.5, 0.6) is 0 Å². The molecule has 0 bridgehead atoms. The maximum Gasteiger partial charge on any atom is 0.227 e. The van der Waals surface area contributed by atoms with Crippen molar-refractivity contribution < 1.29 is 9.63 Å². The Kier molecular flexibility index (Phi) is 4.79. The average molecular weight is 252 g/mol. The van der Waals surface area contributed by atoms with E-state index in [4.69, 9.17) is 9.63 Å². The van der Waals surface area contributed by atoms with E-state index in [0.717, 1.165) is 12.2 Å². The fourth-order valence-electron chi connectivity index (χ4n) is 1.48. The molecule has 0 unspecified atom stereocenters. The van der Waals surface area contributed by atoms with Gasteiger partial charge < -0.3 is 14.9 Å². The molecule has 2 N–H and O–H groups in total. The zero-order chi connectivity index (χ0) is 12.6. The number of nitrogens with one attached hydrogen (secondary N) is 1. The molecule has 0 amide bonds. The number of aromatic nitrogens is 5. The second-order valence-corrected chi connectivity index (χ2v) is 3.81. The zero-order valence-electron chi connectivity index (χ0n) is 9.99. The fourth-order valence-corrected chi connectivity index (χ4v) is 1.48. The van der Waals surface area contributed by atoms with Crippen LogP contribution in [0, 0.1) is 0 Å². The Labute approximate surface area is 104 Å². The van der Waals surface area contributed by atoms with Gasteiger partial charge in [-0.3, -0.25) is 4.68 Å². The summed E-state index contributed by atoms with van der Waals surface area (Å²) in [5, 5.41) is 23.4. The number of aryl methyl sites for hydroxylation is 1. The molecule has 0 fully saturated rings. The first-order valence-electron chi connectivity index (χ1n) is 5.84. The van der Waals surface area contributed by atoms with Gasteiger partial charge in [0.05, 0.1) is 5.69 Å². The fraction of sp³-hybridized carbons (Fsp3) is 0.600. The molecule has 8 heteroatoms. The maximum absolute atomic E-state index is 8.70. The van der Waals surface area contributed by atoms with Crippen LogP contribution in [0.4, 0.5) is 0 Å². The van der Waals surface area contributed by atoms with E-state index in [1.165, 1.54) is 6.33 Å². The molecule has 18 heavy (non-hydrogen) atoms. The Balaban J connectivity index is 1.65. The Bertz CT molecular complexity index is 441. The molecule has 2 aromatic rings. The summed E-state index contributed by atoms with van der Waals surface area (Å²) in [5.74, 6) is 0.620. The third kappa shape index (κ3) is 3.90. The second-order valence-electron chi connectivity index (χ2n) is 3.81. The first kappa shape index (κ1) is 12.7. The summed E-state index contributed by atoms with van der Waals surface area (Å²) in [6.45, 7) is 2.24. The van der Waals surface area contributed by atoms with E-state index in [0.29, 0.717) is 31.8 Å². The lowest BCUT2D eigenvalue weighted by molar-refractivity contribution is 0.276. The van der Waals surface area contributed by atoms with Gasteiger partial charge in [0.25, 0.3) is 0 Å². The Morgan fingerprint density at radius 1 is 1.44 bits per heavy atom. The van der Waals surface area contributed by atoms with Gasteiger partial charge in [0.15, 0.2) is 6.33 Å². The van der Waals surface area contributed by atoms with E-state index in [1.54, 1.807) is 4.68 Å². The Morgan fingerprint density at radius 2 is 2.39 bits per heavy atom. The third-order valence-electron chi connectivity index (χ3n) is 2.36. The quantitative estimate of drug-likeness (QED) is 0.603. The predicted octanol–water partition coefficient (Wildman–Crippen LogP) is -0.624. The first-order valence-corrected chi connectivity index (χ1v) is 5.84. The molecule has 0 atom stereocenters. The molecular formula is C10H16N6O2. The average Bonchev–Trinajstić information content (AvgIpc) is 3.04. The molecule has 0 spiro atoms. The topological polar surface area (TPSA) is 102 Å². The number of nitrogens with zero attached hydrogens (tertiary/aromatic N) is 5. The van der Waals surface area contributed by atoms with Gasteiger partial charge in [0.2, 0.25) is 5.89 Å². The molecule has 0 saturated carbocycles. The smallest absolute Gasteiger partial charge is 0.227 e. The lowest BCUT2D eigenvalue weighted by Gasteiger charge is -1.98. The molecule has 0 radical (unpaired) electrons. The molecule has 2 heterocycles. The summed E-state index contributed by atoms with van der Waals surface area (Å²) in [7, 11) is 0. The summed E-state index contributed by atoms with van der Waals surface area (Å²) in [6, 6.07) is 0. The monoisotopic (exact) mass is 252 g/mol. The predicted molar refractivity (Wildman–Crippen MR) is 61.4 cm³/mol. The van der Waals surface area contributed by atoms with Crippen molar-refractivity contribution in [2.24, 2.45) is 0 Å². The molecular weight excluding hydrogens is 236 g/mol. The highest BCUT2D eigenvalue weighted by atomic mass is 16.5. The minimum atomic E-state index is 0.164. The number of hydrogen-bond donors (Lipinski definition) is 2. The minimum absolute atomic E-state index is 0.164. The van der Waals surface area contributed by atoms with Crippen LogP contribution in [-0.2, 0) is 19.5 Å². The zero-order valence-corrected chi connectivity index (χ0v) is 9.99. The van der Waals surface area contributed by atoms with Gasteiger partial charge in [0.1, 0.15) is 0 Å². The van der Waals surface area contributed by atoms with Crippen molar-refractivity contribution in [2.45, 2.75) is 25.9 Å². The van der Waals surface area contributed by atoms with Crippen LogP contribution in [0.2, 0.25) is 0 Å². The number of aliphatic hydroxyl groups excluding tert-OH is 1. The highest BCUT2D eigenvalue weighted by molar-refractivity contribution is 4.91. The van der Waals surface area contributed by atoms with E-state index >= 15 is 0 Å². The van der Waals surface area contributed by atoms with E-state index in [9.17, 15) is 0 Å².